The van der Waals surface area contributed by atoms with Crippen molar-refractivity contribution in [3.63, 3.8) is 0 Å². The SMILES string of the molecule is C/C=C(\NC(=O)N[C@@H](Cc1ccc(O)cc1)C(=O)O)C(=O)N[C@@H](C)C(=O)N[C@@H](CCCN=C(N)N)C(=O)N1CCC[C@H]1c1nc(C(=O)N[C@@H](CCC(N)=O)C(=O)OC(CC(=O)O)C2C(OC(=O)CC)CCN2C(=O)[C@@H](N)C(C)CC)cs1. The van der Waals surface area contributed by atoms with Gasteiger partial charge < -0.3 is 84.1 Å². The number of urea groups is 1. The second kappa shape index (κ2) is 31.6. The van der Waals surface area contributed by atoms with Crippen molar-refractivity contribution in [2.45, 2.75) is 160 Å². The Hall–Kier alpha value is -8.41. The maximum absolute atomic E-state index is 14.5. The summed E-state index contributed by atoms with van der Waals surface area (Å²) in [7, 11) is 0. The molecule has 2 aliphatic heterocycles. The van der Waals surface area contributed by atoms with E-state index in [1.54, 1.807) is 6.92 Å². The fraction of sp³-hybridized carbons (Fsp3) is 0.558. The Balaban J connectivity index is 1.50. The first kappa shape index (κ1) is 66.1. The number of carbonyl (C=O) groups is 11. The van der Waals surface area contributed by atoms with Gasteiger partial charge in [0.15, 0.2) is 5.96 Å². The maximum Gasteiger partial charge on any atom is 0.329 e. The number of phenolic OH excluding ortho intramolecular Hbond substituents is 1. The minimum atomic E-state index is -1.64. The lowest BCUT2D eigenvalue weighted by atomic mass is 9.97. The molecule has 1 aromatic heterocycles. The number of aromatic nitrogens is 1. The Morgan fingerprint density at radius 1 is 0.878 bits per heavy atom. The molecule has 8 amide bonds. The third-order valence-corrected chi connectivity index (χ3v) is 14.7. The molecule has 82 heavy (non-hydrogen) atoms. The number of likely N-dealkylation sites (tertiary alicyclic amines) is 2. The lowest BCUT2D eigenvalue weighted by Crippen LogP contribution is -2.56. The topological polar surface area (TPSA) is 463 Å². The number of carboxylic acid groups (broad SMARTS) is 2. The molecule has 2 fully saturated rings. The number of aliphatic imine (C=N–C) groups is 1. The number of primary amides is 1. The monoisotopic (exact) mass is 1170 g/mol. The van der Waals surface area contributed by atoms with Crippen molar-refractivity contribution in [3.05, 3.63) is 57.7 Å². The summed E-state index contributed by atoms with van der Waals surface area (Å²) in [6.07, 6.45) is -1.80. The van der Waals surface area contributed by atoms with Gasteiger partial charge in [-0.15, -0.1) is 11.3 Å². The Morgan fingerprint density at radius 3 is 2.18 bits per heavy atom. The number of esters is 2. The molecule has 1 aromatic carbocycles. The highest BCUT2D eigenvalue weighted by Gasteiger charge is 2.48. The van der Waals surface area contributed by atoms with Gasteiger partial charge in [0.05, 0.1) is 18.5 Å². The molecule has 3 heterocycles. The van der Waals surface area contributed by atoms with E-state index in [9.17, 15) is 68.1 Å². The highest BCUT2D eigenvalue weighted by atomic mass is 32.1. The van der Waals surface area contributed by atoms with Crippen LogP contribution in [-0.2, 0) is 59.0 Å². The Kier molecular flexibility index (Phi) is 25.4. The van der Waals surface area contributed by atoms with Crippen molar-refractivity contribution >= 4 is 82.6 Å². The number of thiazole rings is 1. The Labute approximate surface area is 476 Å². The van der Waals surface area contributed by atoms with Gasteiger partial charge >= 0.3 is 29.9 Å². The zero-order valence-electron chi connectivity index (χ0n) is 46.3. The van der Waals surface area contributed by atoms with Gasteiger partial charge in [0.1, 0.15) is 64.6 Å². The number of aliphatic carboxylic acids is 2. The lowest BCUT2D eigenvalue weighted by Gasteiger charge is -2.36. The number of hydrogen-bond donors (Lipinski definition) is 12. The van der Waals surface area contributed by atoms with E-state index in [-0.39, 0.29) is 80.8 Å². The summed E-state index contributed by atoms with van der Waals surface area (Å²) in [5.74, 6) is -9.90. The molecular formula is C52H75N13O16S. The molecule has 10 atom stereocenters. The van der Waals surface area contributed by atoms with Gasteiger partial charge in [0.2, 0.25) is 23.6 Å². The van der Waals surface area contributed by atoms with E-state index >= 15 is 0 Å². The molecule has 450 valence electrons. The number of allylic oxidation sites excluding steroid dienone is 1. The third-order valence-electron chi connectivity index (χ3n) is 13.7. The van der Waals surface area contributed by atoms with Gasteiger partial charge in [-0.05, 0) is 69.6 Å². The molecule has 0 saturated carbocycles. The second-order valence-electron chi connectivity index (χ2n) is 19.7. The predicted molar refractivity (Wildman–Crippen MR) is 293 cm³/mol. The number of guanidine groups is 1. The Bertz CT molecular complexity index is 2700. The molecular weight excluding hydrogens is 1090 g/mol. The van der Waals surface area contributed by atoms with E-state index in [0.717, 1.165) is 11.3 Å². The van der Waals surface area contributed by atoms with E-state index in [4.69, 9.17) is 32.4 Å². The summed E-state index contributed by atoms with van der Waals surface area (Å²) in [5.41, 5.74) is 22.7. The largest absolute Gasteiger partial charge is 0.508 e. The van der Waals surface area contributed by atoms with Crippen LogP contribution < -0.4 is 49.5 Å². The number of benzene rings is 1. The summed E-state index contributed by atoms with van der Waals surface area (Å²) in [6.45, 7) is 8.12. The van der Waals surface area contributed by atoms with Crippen molar-refractivity contribution in [2.24, 2.45) is 33.8 Å². The normalized spacial score (nSPS) is 18.5. The number of nitrogens with two attached hydrogens (primary N) is 4. The number of ether oxygens (including phenoxy) is 2. The van der Waals surface area contributed by atoms with Crippen molar-refractivity contribution in [1.82, 2.24) is 41.4 Å². The van der Waals surface area contributed by atoms with E-state index in [2.05, 4.69) is 36.6 Å². The van der Waals surface area contributed by atoms with Crippen molar-refractivity contribution in [2.75, 3.05) is 19.6 Å². The number of hydrogen-bond acceptors (Lipinski definition) is 18. The molecule has 0 radical (unpaired) electrons. The second-order valence-corrected chi connectivity index (χ2v) is 20.6. The summed E-state index contributed by atoms with van der Waals surface area (Å²) >= 11 is 1.01. The number of nitrogens with one attached hydrogen (secondary N) is 5. The minimum Gasteiger partial charge on any atom is -0.508 e. The van der Waals surface area contributed by atoms with Gasteiger partial charge in [0.25, 0.3) is 11.8 Å². The van der Waals surface area contributed by atoms with Crippen molar-refractivity contribution in [3.8, 4) is 5.75 Å². The maximum atomic E-state index is 14.5. The number of nitrogens with zero attached hydrogens (tertiary/aromatic N) is 4. The van der Waals surface area contributed by atoms with Gasteiger partial charge in [-0.1, -0.05) is 45.4 Å². The summed E-state index contributed by atoms with van der Waals surface area (Å²) in [5, 5.41) is 43.1. The van der Waals surface area contributed by atoms with Crippen LogP contribution >= 0.6 is 11.3 Å². The average Bonchev–Trinajstić information content (AvgIpc) is 4.43. The zero-order valence-corrected chi connectivity index (χ0v) is 47.1. The highest BCUT2D eigenvalue weighted by Crippen LogP contribution is 2.35. The molecule has 2 aliphatic rings. The Morgan fingerprint density at radius 2 is 1.57 bits per heavy atom. The molecule has 29 nitrogen and oxygen atoms in total. The molecule has 4 rings (SSSR count). The van der Waals surface area contributed by atoms with Crippen LogP contribution in [0.2, 0.25) is 0 Å². The summed E-state index contributed by atoms with van der Waals surface area (Å²) in [4.78, 5) is 156. The number of rotatable bonds is 30. The number of aromatic hydroxyl groups is 1. The fourth-order valence-electron chi connectivity index (χ4n) is 9.03. The first-order valence-corrected chi connectivity index (χ1v) is 27.6. The van der Waals surface area contributed by atoms with E-state index in [1.165, 1.54) is 66.3 Å². The van der Waals surface area contributed by atoms with Crippen molar-refractivity contribution in [1.29, 1.82) is 0 Å². The number of carboxylic acids is 2. The van der Waals surface area contributed by atoms with E-state index in [0.29, 0.717) is 29.8 Å². The highest BCUT2D eigenvalue weighted by molar-refractivity contribution is 7.10. The number of amides is 8. The molecule has 4 unspecified atom stereocenters. The first-order chi connectivity index (χ1) is 38.8. The van der Waals surface area contributed by atoms with E-state index < -0.39 is 139 Å². The molecule has 0 spiro atoms. The standard InChI is InChI=1S/C52H75N13O16S/c1-6-26(4)41(54)48(75)65-22-19-36(80-40(70)8-3)42(65)37(24-39(68)69)81-50(78)32(17-18-38(53)67)60-45(73)34-25-82-46(61-34)35-12-10-21-64(35)47(74)31(11-9-20-57-51(55)56)59-43(71)27(5)58-44(72)30(7-2)62-52(79)63-33(49(76)77)23-28-13-15-29(66)16-14-28/h7,13-16,25-27,31-33,35-37,41-42,66H,6,8-12,17-24,54H2,1-5H3,(H2,53,67)(H,58,72)(H,59,71)(H,60,73)(H,68,69)(H,76,77)(H4,55,56,57)(H2,62,63,79)/b30-7-/t26?,27-,31-,32-,33-,35-,36?,37?,41-,42?/m0/s1. The minimum absolute atomic E-state index is 0.00877. The van der Waals surface area contributed by atoms with Crippen LogP contribution in [0.15, 0.2) is 46.4 Å². The van der Waals surface area contributed by atoms with Crippen LogP contribution in [0, 0.1) is 5.92 Å². The van der Waals surface area contributed by atoms with Crippen LogP contribution in [0.5, 0.6) is 5.75 Å². The van der Waals surface area contributed by atoms with Crippen LogP contribution in [-0.4, -0.2) is 170 Å². The quantitative estimate of drug-likeness (QED) is 0.0154. The molecule has 2 saturated heterocycles. The van der Waals surface area contributed by atoms with Crippen LogP contribution in [0.4, 0.5) is 4.79 Å². The lowest BCUT2D eigenvalue weighted by molar-refractivity contribution is -0.167. The molecule has 0 aliphatic carbocycles. The zero-order chi connectivity index (χ0) is 61.0. The average molecular weight is 1170 g/mol. The van der Waals surface area contributed by atoms with Crippen LogP contribution in [0.25, 0.3) is 0 Å². The molecule has 2 aromatic rings. The van der Waals surface area contributed by atoms with Crippen molar-refractivity contribution < 1.29 is 77.5 Å². The predicted octanol–water partition coefficient (Wildman–Crippen LogP) is -0.499. The number of carbonyl (C=O) groups excluding carboxylic acids is 9. The molecule has 30 heteroatoms. The van der Waals surface area contributed by atoms with Crippen LogP contribution in [0.1, 0.15) is 126 Å². The summed E-state index contributed by atoms with van der Waals surface area (Å²) in [6, 6.07) is -4.03. The number of phenols is 1. The fourth-order valence-corrected chi connectivity index (χ4v) is 9.98. The van der Waals surface area contributed by atoms with Crippen LogP contribution in [0.3, 0.4) is 0 Å². The summed E-state index contributed by atoms with van der Waals surface area (Å²) < 4.78 is 11.4. The molecule has 0 bridgehead atoms. The smallest absolute Gasteiger partial charge is 0.329 e. The van der Waals surface area contributed by atoms with E-state index in [1.807, 2.05) is 6.92 Å². The first-order valence-electron chi connectivity index (χ1n) is 26.7. The third kappa shape index (κ3) is 19.4. The van der Waals surface area contributed by atoms with Gasteiger partial charge in [0, 0.05) is 50.7 Å². The molecule has 16 N–H and O–H groups in total. The van der Waals surface area contributed by atoms with Gasteiger partial charge in [-0.3, -0.25) is 43.3 Å². The van der Waals surface area contributed by atoms with Gasteiger partial charge in [-0.2, -0.15) is 0 Å². The van der Waals surface area contributed by atoms with Gasteiger partial charge in [-0.25, -0.2) is 19.4 Å².